The van der Waals surface area contributed by atoms with Crippen LogP contribution in [-0.2, 0) is 11.3 Å². The summed E-state index contributed by atoms with van der Waals surface area (Å²) in [5.74, 6) is -0.374. The van der Waals surface area contributed by atoms with Crippen molar-refractivity contribution in [2.75, 3.05) is 12.1 Å². The molecule has 126 valence electrons. The quantitative estimate of drug-likeness (QED) is 0.778. The van der Waals surface area contributed by atoms with E-state index in [2.05, 4.69) is 15.4 Å². The summed E-state index contributed by atoms with van der Waals surface area (Å²) in [6.45, 7) is 2.06. The van der Waals surface area contributed by atoms with Crippen LogP contribution < -0.4 is 15.2 Å². The van der Waals surface area contributed by atoms with E-state index in [1.165, 1.54) is 25.1 Å². The van der Waals surface area contributed by atoms with Gasteiger partial charge < -0.3 is 4.74 Å². The molecule has 2 heterocycles. The molecule has 0 atom stereocenters. The van der Waals surface area contributed by atoms with Gasteiger partial charge in [-0.3, -0.25) is 9.78 Å². The number of anilines is 1. The van der Waals surface area contributed by atoms with E-state index in [0.717, 1.165) is 16.8 Å². The molecule has 0 radical (unpaired) electrons. The first-order chi connectivity index (χ1) is 12.1. The number of nitrogens with one attached hydrogen (secondary N) is 1. The number of amides is 1. The van der Waals surface area contributed by atoms with Crippen molar-refractivity contribution in [1.29, 1.82) is 0 Å². The highest BCUT2D eigenvalue weighted by Crippen LogP contribution is 2.30. The van der Waals surface area contributed by atoms with Gasteiger partial charge in [0.05, 0.1) is 35.7 Å². The molecule has 4 rings (SSSR count). The topological polar surface area (TPSA) is 67.4 Å². The van der Waals surface area contributed by atoms with Crippen LogP contribution >= 0.6 is 0 Å². The number of methoxy groups -OCH3 is 1. The van der Waals surface area contributed by atoms with Gasteiger partial charge in [-0.15, -0.1) is 0 Å². The molecule has 0 unspecified atom stereocenters. The third-order valence-electron chi connectivity index (χ3n) is 4.17. The number of hydrogen-bond acceptors (Lipinski definition) is 5. The number of hydrogen-bond donors (Lipinski definition) is 1. The second-order valence-electron chi connectivity index (χ2n) is 5.76. The van der Waals surface area contributed by atoms with Crippen molar-refractivity contribution in [2.45, 2.75) is 13.5 Å². The Kier molecular flexibility index (Phi) is 3.58. The first-order valence-electron chi connectivity index (χ1n) is 7.74. The van der Waals surface area contributed by atoms with Gasteiger partial charge in [0.15, 0.2) is 11.6 Å². The van der Waals surface area contributed by atoms with Crippen molar-refractivity contribution in [2.24, 2.45) is 0 Å². The first kappa shape index (κ1) is 15.5. The van der Waals surface area contributed by atoms with Crippen LogP contribution in [0.15, 0.2) is 36.5 Å². The smallest absolute Gasteiger partial charge is 0.238 e. The third kappa shape index (κ3) is 2.58. The van der Waals surface area contributed by atoms with Gasteiger partial charge in [-0.05, 0) is 35.9 Å². The van der Waals surface area contributed by atoms with Gasteiger partial charge in [-0.1, -0.05) is 0 Å². The predicted octanol–water partition coefficient (Wildman–Crippen LogP) is 2.82. The number of benzene rings is 2. The average Bonchev–Trinajstić information content (AvgIpc) is 3.02. The van der Waals surface area contributed by atoms with Crippen LogP contribution in [0.2, 0.25) is 0 Å². The molecule has 1 N–H and O–H groups in total. The molecule has 6 nitrogen and oxygen atoms in total. The Labute approximate surface area is 143 Å². The Bertz CT molecular complexity index is 1010. The Morgan fingerprint density at radius 2 is 2.12 bits per heavy atom. The van der Waals surface area contributed by atoms with Crippen molar-refractivity contribution in [3.8, 4) is 17.0 Å². The lowest BCUT2D eigenvalue weighted by Gasteiger charge is -2.14. The zero-order valence-electron chi connectivity index (χ0n) is 13.7. The molecule has 1 amide bonds. The molecule has 25 heavy (non-hydrogen) atoms. The molecule has 0 saturated heterocycles. The molecule has 1 aliphatic rings. The third-order valence-corrected chi connectivity index (χ3v) is 4.17. The minimum atomic E-state index is -0.456. The molecule has 0 bridgehead atoms. The van der Waals surface area contributed by atoms with Crippen molar-refractivity contribution in [3.63, 3.8) is 0 Å². The number of carbonyl (C=O) groups is 1. The maximum atomic E-state index is 13.9. The zero-order valence-corrected chi connectivity index (χ0v) is 13.7. The minimum Gasteiger partial charge on any atom is -0.494 e. The van der Waals surface area contributed by atoms with E-state index in [0.29, 0.717) is 23.3 Å². The maximum Gasteiger partial charge on any atom is 0.238 e. The highest BCUT2D eigenvalue weighted by molar-refractivity contribution is 5.95. The van der Waals surface area contributed by atoms with E-state index in [9.17, 15) is 9.18 Å². The molecule has 1 aromatic heterocycles. The van der Waals surface area contributed by atoms with E-state index in [1.807, 2.05) is 12.1 Å². The predicted molar refractivity (Wildman–Crippen MR) is 91.5 cm³/mol. The molecule has 0 fully saturated rings. The maximum absolute atomic E-state index is 13.9. The Morgan fingerprint density at radius 3 is 2.84 bits per heavy atom. The van der Waals surface area contributed by atoms with Gasteiger partial charge in [0.2, 0.25) is 5.91 Å². The summed E-state index contributed by atoms with van der Waals surface area (Å²) in [6, 6.07) is 8.38. The Balaban J connectivity index is 1.81. The average molecular weight is 338 g/mol. The number of halogens is 1. The number of carbonyl (C=O) groups excluding carboxylic acids is 1. The normalized spacial score (nSPS) is 13.2. The lowest BCUT2D eigenvalue weighted by atomic mass is 10.1. The summed E-state index contributed by atoms with van der Waals surface area (Å²) < 4.78 is 18.9. The van der Waals surface area contributed by atoms with Crippen LogP contribution in [0, 0.1) is 5.82 Å². The molecule has 0 aliphatic carbocycles. The van der Waals surface area contributed by atoms with Gasteiger partial charge in [0.1, 0.15) is 0 Å². The van der Waals surface area contributed by atoms with Crippen LogP contribution in [0.3, 0.4) is 0 Å². The van der Waals surface area contributed by atoms with Crippen LogP contribution in [0.25, 0.3) is 22.3 Å². The van der Waals surface area contributed by atoms with Crippen LogP contribution in [0.4, 0.5) is 10.1 Å². The fourth-order valence-corrected chi connectivity index (χ4v) is 2.94. The summed E-state index contributed by atoms with van der Waals surface area (Å²) in [7, 11) is 1.42. The van der Waals surface area contributed by atoms with E-state index < -0.39 is 5.82 Å². The molecule has 2 aromatic carbocycles. The molecule has 0 spiro atoms. The number of nitrogens with zero attached hydrogens (tertiary/aromatic N) is 3. The second kappa shape index (κ2) is 5.78. The van der Waals surface area contributed by atoms with Crippen molar-refractivity contribution < 1.29 is 13.9 Å². The lowest BCUT2D eigenvalue weighted by Crippen LogP contribution is -2.36. The largest absolute Gasteiger partial charge is 0.494 e. The molecule has 3 aromatic rings. The van der Waals surface area contributed by atoms with Gasteiger partial charge >= 0.3 is 0 Å². The van der Waals surface area contributed by atoms with Crippen LogP contribution in [0.5, 0.6) is 5.75 Å². The molecule has 1 aliphatic heterocycles. The van der Waals surface area contributed by atoms with Crippen molar-refractivity contribution in [3.05, 3.63) is 47.9 Å². The molecular formula is C18H15FN4O2. The first-order valence-corrected chi connectivity index (χ1v) is 7.74. The minimum absolute atomic E-state index is 0.0977. The number of ether oxygens (including phenoxy) is 1. The van der Waals surface area contributed by atoms with Crippen molar-refractivity contribution in [1.82, 2.24) is 15.4 Å². The van der Waals surface area contributed by atoms with Crippen LogP contribution in [-0.4, -0.2) is 23.0 Å². The number of aromatic nitrogens is 2. The lowest BCUT2D eigenvalue weighted by molar-refractivity contribution is -0.117. The summed E-state index contributed by atoms with van der Waals surface area (Å²) in [6.07, 6.45) is 1.61. The van der Waals surface area contributed by atoms with E-state index in [1.54, 1.807) is 18.3 Å². The van der Waals surface area contributed by atoms with Gasteiger partial charge in [0, 0.05) is 19.0 Å². The summed E-state index contributed by atoms with van der Waals surface area (Å²) in [4.78, 5) is 20.7. The molecular weight excluding hydrogens is 323 g/mol. The van der Waals surface area contributed by atoms with E-state index in [4.69, 9.17) is 4.74 Å². The number of hydrazine groups is 1. The fraction of sp³-hybridized carbons (Fsp3) is 0.167. The van der Waals surface area contributed by atoms with Crippen LogP contribution in [0.1, 0.15) is 12.5 Å². The molecule has 7 heteroatoms. The summed E-state index contributed by atoms with van der Waals surface area (Å²) >= 11 is 0. The van der Waals surface area contributed by atoms with E-state index >= 15 is 0 Å². The Hall–Kier alpha value is -3.06. The second-order valence-corrected chi connectivity index (χ2v) is 5.76. The van der Waals surface area contributed by atoms with Gasteiger partial charge in [-0.25, -0.2) is 19.8 Å². The summed E-state index contributed by atoms with van der Waals surface area (Å²) in [5, 5.41) is 1.50. The summed E-state index contributed by atoms with van der Waals surface area (Å²) in [5.41, 5.74) is 7.31. The Morgan fingerprint density at radius 1 is 1.28 bits per heavy atom. The SMILES string of the molecule is COc1ccc(-c2cnc3cc4c(cc3n2)N(C(C)=O)NC4)cc1F. The monoisotopic (exact) mass is 338 g/mol. The molecule has 0 saturated carbocycles. The standard InChI is InChI=1S/C18H15FN4O2/c1-10(24)23-17-7-15-14(6-12(17)8-21-23)20-9-16(22-15)11-3-4-18(25-2)13(19)5-11/h3-7,9,21H,8H2,1-2H3. The fourth-order valence-electron chi connectivity index (χ4n) is 2.94. The zero-order chi connectivity index (χ0) is 17.6. The number of fused-ring (bicyclic) bond motifs is 2. The highest BCUT2D eigenvalue weighted by atomic mass is 19.1. The van der Waals surface area contributed by atoms with E-state index in [-0.39, 0.29) is 11.7 Å². The number of rotatable bonds is 2. The van der Waals surface area contributed by atoms with Gasteiger partial charge in [0.25, 0.3) is 0 Å². The van der Waals surface area contributed by atoms with Crippen molar-refractivity contribution >= 4 is 22.6 Å². The highest BCUT2D eigenvalue weighted by Gasteiger charge is 2.23. The van der Waals surface area contributed by atoms with Gasteiger partial charge in [-0.2, -0.15) is 0 Å².